The van der Waals surface area contributed by atoms with Crippen molar-refractivity contribution in [3.63, 3.8) is 0 Å². The summed E-state index contributed by atoms with van der Waals surface area (Å²) in [6, 6.07) is 14.3. The molecule has 0 saturated carbocycles. The molecule has 17 heavy (non-hydrogen) atoms. The Morgan fingerprint density at radius 1 is 1.06 bits per heavy atom. The van der Waals surface area contributed by atoms with Gasteiger partial charge in [0.25, 0.3) is 0 Å². The number of nitrogens with zero attached hydrogens (tertiary/aromatic N) is 3. The second-order valence-electron chi connectivity index (χ2n) is 3.97. The summed E-state index contributed by atoms with van der Waals surface area (Å²) in [7, 11) is 2.07. The van der Waals surface area contributed by atoms with E-state index in [2.05, 4.69) is 55.6 Å². The number of aromatic nitrogens is 1. The highest BCUT2D eigenvalue weighted by molar-refractivity contribution is 9.24. The molecule has 0 unspecified atom stereocenters. The number of rotatable bonds is 1. The molecule has 1 aliphatic rings. The van der Waals surface area contributed by atoms with Crippen LogP contribution in [0.15, 0.2) is 48.7 Å². The minimum Gasteiger partial charge on any atom is -0.387 e. The van der Waals surface area contributed by atoms with Gasteiger partial charge in [0, 0.05) is 11.9 Å². The van der Waals surface area contributed by atoms with E-state index in [0.717, 1.165) is 5.82 Å². The van der Waals surface area contributed by atoms with E-state index >= 15 is 0 Å². The molecular weight excluding hydrogens is 277 g/mol. The number of hydrogen-bond acceptors (Lipinski definition) is 3. The van der Waals surface area contributed by atoms with Gasteiger partial charge in [-0.1, -0.05) is 34.0 Å². The van der Waals surface area contributed by atoms with Crippen LogP contribution in [0.4, 0.5) is 17.2 Å². The van der Waals surface area contributed by atoms with Gasteiger partial charge in [-0.25, -0.2) is 4.98 Å². The van der Waals surface area contributed by atoms with Gasteiger partial charge in [0.2, 0.25) is 0 Å². The van der Waals surface area contributed by atoms with E-state index in [9.17, 15) is 0 Å². The highest BCUT2D eigenvalue weighted by Crippen LogP contribution is 2.42. The molecule has 2 heterocycles. The third-order valence-electron chi connectivity index (χ3n) is 2.95. The van der Waals surface area contributed by atoms with Crippen LogP contribution < -0.4 is 9.62 Å². The van der Waals surface area contributed by atoms with Gasteiger partial charge < -0.3 is 9.62 Å². The molecule has 1 aliphatic heterocycles. The fourth-order valence-electron chi connectivity index (χ4n) is 2.10. The lowest BCUT2D eigenvalue weighted by molar-refractivity contribution is 1.25. The fraction of sp³-hybridized carbons (Fsp3) is 0.0833. The molecule has 0 N–H and O–H groups in total. The molecule has 0 atom stereocenters. The average molecular weight is 288 g/mol. The maximum Gasteiger partial charge on any atom is 0.461 e. The van der Waals surface area contributed by atoms with Gasteiger partial charge in [-0.15, -0.1) is 0 Å². The number of hydrogen-bond donors (Lipinski definition) is 0. The Morgan fingerprint density at radius 3 is 2.47 bits per heavy atom. The van der Waals surface area contributed by atoms with Gasteiger partial charge in [-0.3, -0.25) is 0 Å². The molecule has 0 fully saturated rings. The first-order chi connectivity index (χ1) is 8.29. The lowest BCUT2D eigenvalue weighted by atomic mass is 10.1. The first-order valence-electron chi connectivity index (χ1n) is 5.45. The summed E-state index contributed by atoms with van der Waals surface area (Å²) >= 11 is 3.70. The van der Waals surface area contributed by atoms with Gasteiger partial charge in [0.1, 0.15) is 5.82 Å². The standard InChI is InChI=1S/C12H11BBrN3/c1-16-10-6-2-3-7-11(10)17(13(16)14)12-8-4-5-9-15-12/h2-9H,1H3. The molecule has 0 amide bonds. The van der Waals surface area contributed by atoms with Gasteiger partial charge >= 0.3 is 5.81 Å². The van der Waals surface area contributed by atoms with Crippen LogP contribution in [0, 0.1) is 0 Å². The Hall–Kier alpha value is -1.49. The van der Waals surface area contributed by atoms with Crippen molar-refractivity contribution in [2.75, 3.05) is 16.7 Å². The predicted octanol–water partition coefficient (Wildman–Crippen LogP) is 3.05. The first kappa shape index (κ1) is 10.7. The number of benzene rings is 1. The van der Waals surface area contributed by atoms with Gasteiger partial charge in [-0.05, 0) is 31.3 Å². The molecule has 0 radical (unpaired) electrons. The van der Waals surface area contributed by atoms with Crippen LogP contribution in [0.2, 0.25) is 0 Å². The summed E-state index contributed by atoms with van der Waals surface area (Å²) < 4.78 is 0. The van der Waals surface area contributed by atoms with Crippen LogP contribution in [0.3, 0.4) is 0 Å². The van der Waals surface area contributed by atoms with E-state index in [1.165, 1.54) is 11.4 Å². The molecule has 2 aromatic rings. The zero-order chi connectivity index (χ0) is 11.8. The molecule has 0 aliphatic carbocycles. The topological polar surface area (TPSA) is 19.4 Å². The van der Waals surface area contributed by atoms with Crippen LogP contribution in [0.5, 0.6) is 0 Å². The summed E-state index contributed by atoms with van der Waals surface area (Å²) in [5.41, 5.74) is 2.38. The van der Waals surface area contributed by atoms with E-state index in [-0.39, 0.29) is 5.81 Å². The van der Waals surface area contributed by atoms with Crippen molar-refractivity contribution in [2.24, 2.45) is 0 Å². The van der Waals surface area contributed by atoms with E-state index < -0.39 is 0 Å². The van der Waals surface area contributed by atoms with Crippen LogP contribution in [-0.4, -0.2) is 17.8 Å². The van der Waals surface area contributed by atoms with Gasteiger partial charge in [0.15, 0.2) is 0 Å². The fourth-order valence-corrected chi connectivity index (χ4v) is 2.75. The molecule has 84 valence electrons. The van der Waals surface area contributed by atoms with Crippen LogP contribution >= 0.6 is 15.8 Å². The maximum absolute atomic E-state index is 4.41. The highest BCUT2D eigenvalue weighted by atomic mass is 79.9. The van der Waals surface area contributed by atoms with Crippen molar-refractivity contribution in [1.82, 2.24) is 4.98 Å². The van der Waals surface area contributed by atoms with Crippen molar-refractivity contribution < 1.29 is 0 Å². The number of fused-ring (bicyclic) bond motifs is 1. The Bertz CT molecular complexity index is 534. The molecular formula is C12H11BBrN3. The summed E-state index contributed by atoms with van der Waals surface area (Å²) in [5.74, 6) is 1.06. The van der Waals surface area contributed by atoms with Gasteiger partial charge in [-0.2, -0.15) is 0 Å². The predicted molar refractivity (Wildman–Crippen MR) is 75.9 cm³/mol. The Balaban J connectivity index is 2.13. The van der Waals surface area contributed by atoms with Crippen molar-refractivity contribution >= 4 is 38.8 Å². The average Bonchev–Trinajstić information content (AvgIpc) is 2.64. The zero-order valence-electron chi connectivity index (χ0n) is 9.42. The molecule has 3 nitrogen and oxygen atoms in total. The second-order valence-corrected chi connectivity index (χ2v) is 4.79. The van der Waals surface area contributed by atoms with Crippen LogP contribution in [0.1, 0.15) is 0 Å². The molecule has 0 saturated heterocycles. The zero-order valence-corrected chi connectivity index (χ0v) is 11.0. The largest absolute Gasteiger partial charge is 0.461 e. The lowest BCUT2D eigenvalue weighted by Gasteiger charge is -2.21. The quantitative estimate of drug-likeness (QED) is 0.752. The molecule has 1 aromatic carbocycles. The molecule has 0 bridgehead atoms. The molecule has 0 spiro atoms. The van der Waals surface area contributed by atoms with Crippen LogP contribution in [0.25, 0.3) is 0 Å². The summed E-state index contributed by atoms with van der Waals surface area (Å²) in [6.07, 6.45) is 1.82. The number of anilines is 3. The van der Waals surface area contributed by atoms with E-state index in [1.54, 1.807) is 0 Å². The third-order valence-corrected chi connectivity index (χ3v) is 3.97. The van der Waals surface area contributed by atoms with E-state index in [1.807, 2.05) is 30.5 Å². The molecule has 5 heteroatoms. The lowest BCUT2D eigenvalue weighted by Crippen LogP contribution is -2.38. The SMILES string of the molecule is CN1B(Br)N(c2ccccn2)c2ccccc21. The van der Waals surface area contributed by atoms with E-state index in [0.29, 0.717) is 0 Å². The normalized spacial score (nSPS) is 14.1. The minimum absolute atomic E-state index is 0.106. The number of pyridine rings is 1. The Morgan fingerprint density at radius 2 is 1.76 bits per heavy atom. The summed E-state index contributed by atoms with van der Waals surface area (Å²) in [5, 5.41) is 0. The smallest absolute Gasteiger partial charge is 0.387 e. The van der Waals surface area contributed by atoms with Crippen molar-refractivity contribution in [3.05, 3.63) is 48.7 Å². The van der Waals surface area contributed by atoms with Crippen molar-refractivity contribution in [2.45, 2.75) is 0 Å². The third kappa shape index (κ3) is 1.62. The number of para-hydroxylation sites is 2. The monoisotopic (exact) mass is 287 g/mol. The number of halogens is 1. The van der Waals surface area contributed by atoms with Crippen molar-refractivity contribution in [1.29, 1.82) is 0 Å². The second kappa shape index (κ2) is 4.07. The van der Waals surface area contributed by atoms with E-state index in [4.69, 9.17) is 0 Å². The Kier molecular flexibility index (Phi) is 2.55. The minimum atomic E-state index is 0.106. The van der Waals surface area contributed by atoms with Gasteiger partial charge in [0.05, 0.1) is 5.69 Å². The Labute approximate surface area is 109 Å². The highest BCUT2D eigenvalue weighted by Gasteiger charge is 2.37. The summed E-state index contributed by atoms with van der Waals surface area (Å²) in [6.45, 7) is 0. The molecule has 1 aromatic heterocycles. The summed E-state index contributed by atoms with van der Waals surface area (Å²) in [4.78, 5) is 8.77. The van der Waals surface area contributed by atoms with Crippen LogP contribution in [-0.2, 0) is 0 Å². The maximum atomic E-state index is 4.41. The molecule has 3 rings (SSSR count). The first-order valence-corrected chi connectivity index (χ1v) is 6.37. The van der Waals surface area contributed by atoms with Crippen molar-refractivity contribution in [3.8, 4) is 0 Å².